The molecule has 0 bridgehead atoms. The van der Waals surface area contributed by atoms with Crippen LogP contribution in [0.25, 0.3) is 11.0 Å². The second kappa shape index (κ2) is 11.6. The van der Waals surface area contributed by atoms with Gasteiger partial charge in [-0.15, -0.1) is 0 Å². The van der Waals surface area contributed by atoms with E-state index < -0.39 is 0 Å². The van der Waals surface area contributed by atoms with Crippen molar-refractivity contribution in [2.75, 3.05) is 10.6 Å². The average Bonchev–Trinajstić information content (AvgIpc) is 2.79. The number of phenolic OH excluding ortho intramolecular Hbond substituents is 2. The number of hydrogen-bond acceptors (Lipinski definition) is 5. The number of phenols is 2. The van der Waals surface area contributed by atoms with E-state index in [0.717, 1.165) is 16.9 Å². The summed E-state index contributed by atoms with van der Waals surface area (Å²) in [6.45, 7) is 5.49. The van der Waals surface area contributed by atoms with Gasteiger partial charge in [0.1, 0.15) is 28.2 Å². The van der Waals surface area contributed by atoms with Crippen LogP contribution >= 0.6 is 0 Å². The molecule has 0 atom stereocenters. The summed E-state index contributed by atoms with van der Waals surface area (Å²) in [4.78, 5) is 23.5. The summed E-state index contributed by atoms with van der Waals surface area (Å²) in [5.74, 6) is 0.158. The third-order valence-electron chi connectivity index (χ3n) is 4.98. The van der Waals surface area contributed by atoms with Crippen molar-refractivity contribution in [1.29, 1.82) is 0 Å². The fourth-order valence-electron chi connectivity index (χ4n) is 3.29. The molecule has 0 spiro atoms. The highest BCUT2D eigenvalue weighted by molar-refractivity contribution is 5.99. The Balaban J connectivity index is 0.000000198. The number of allylic oxidation sites excluding steroid dienone is 2. The van der Waals surface area contributed by atoms with Crippen molar-refractivity contribution in [3.05, 3.63) is 106 Å². The first-order valence-corrected chi connectivity index (χ1v) is 11.0. The Kier molecular flexibility index (Phi) is 8.29. The molecule has 3 aromatic carbocycles. The van der Waals surface area contributed by atoms with Crippen LogP contribution in [0.1, 0.15) is 25.2 Å². The maximum absolute atomic E-state index is 11.9. The molecule has 2 amide bonds. The molecule has 0 saturated carbocycles. The van der Waals surface area contributed by atoms with Gasteiger partial charge in [-0.3, -0.25) is 4.79 Å². The Bertz CT molecular complexity index is 1350. The molecule has 35 heavy (non-hydrogen) atoms. The minimum Gasteiger partial charge on any atom is -0.507 e. The number of hydrogen-bond donors (Lipinski definition) is 4. The van der Waals surface area contributed by atoms with E-state index in [0.29, 0.717) is 17.7 Å². The molecule has 0 fully saturated rings. The molecule has 0 aliphatic carbocycles. The van der Waals surface area contributed by atoms with Gasteiger partial charge in [0, 0.05) is 29.1 Å². The smallest absolute Gasteiger partial charge is 0.323 e. The fraction of sp³-hybridized carbons (Fsp3) is 0.143. The standard InChI is InChI=1S/C15H16O4.C13H12N2O/c1-8(2)4-5-10-11(16)7-13-14(15(10)18)12(17)6-9(3)19-13;16-13(14-11-7-3-1-4-8-11)15-12-9-5-2-6-10-12/h4,6-7,16,18H,5H2,1-3H3;1-10H,(H2,14,15,16). The average molecular weight is 473 g/mol. The molecule has 0 aliphatic rings. The van der Waals surface area contributed by atoms with Gasteiger partial charge in [-0.25, -0.2) is 4.79 Å². The third-order valence-corrected chi connectivity index (χ3v) is 4.98. The second-order valence-corrected chi connectivity index (χ2v) is 8.11. The number of fused-ring (bicyclic) bond motifs is 1. The maximum Gasteiger partial charge on any atom is 0.323 e. The van der Waals surface area contributed by atoms with Crippen LogP contribution in [0.15, 0.2) is 93.7 Å². The van der Waals surface area contributed by atoms with Crippen LogP contribution in [0.4, 0.5) is 16.2 Å². The van der Waals surface area contributed by atoms with Gasteiger partial charge >= 0.3 is 6.03 Å². The van der Waals surface area contributed by atoms with Gasteiger partial charge < -0.3 is 25.3 Å². The minimum atomic E-state index is -0.310. The highest BCUT2D eigenvalue weighted by Crippen LogP contribution is 2.34. The summed E-state index contributed by atoms with van der Waals surface area (Å²) in [6.07, 6.45) is 2.24. The van der Waals surface area contributed by atoms with E-state index in [4.69, 9.17) is 4.42 Å². The summed E-state index contributed by atoms with van der Waals surface area (Å²) < 4.78 is 5.35. The second-order valence-electron chi connectivity index (χ2n) is 8.11. The van der Waals surface area contributed by atoms with E-state index in [1.165, 1.54) is 12.1 Å². The summed E-state index contributed by atoms with van der Waals surface area (Å²) in [5, 5.41) is 25.7. The van der Waals surface area contributed by atoms with Crippen LogP contribution in [0.5, 0.6) is 11.5 Å². The van der Waals surface area contributed by atoms with Gasteiger partial charge in [0.05, 0.1) is 0 Å². The van der Waals surface area contributed by atoms with Crippen LogP contribution in [-0.2, 0) is 6.42 Å². The number of aryl methyl sites for hydroxylation is 1. The lowest BCUT2D eigenvalue weighted by Crippen LogP contribution is -2.19. The maximum atomic E-state index is 11.9. The van der Waals surface area contributed by atoms with Gasteiger partial charge in [0.15, 0.2) is 5.43 Å². The van der Waals surface area contributed by atoms with E-state index >= 15 is 0 Å². The molecule has 1 heterocycles. The van der Waals surface area contributed by atoms with Crippen LogP contribution in [0.3, 0.4) is 0 Å². The summed E-state index contributed by atoms with van der Waals surface area (Å²) in [6, 6.07) is 21.1. The fourth-order valence-corrected chi connectivity index (χ4v) is 3.29. The Hall–Kier alpha value is -4.52. The molecule has 4 aromatic rings. The Morgan fingerprint density at radius 2 is 1.46 bits per heavy atom. The number of aromatic hydroxyl groups is 2. The molecule has 7 heteroatoms. The van der Waals surface area contributed by atoms with Gasteiger partial charge in [0.2, 0.25) is 0 Å². The monoisotopic (exact) mass is 472 g/mol. The predicted molar refractivity (Wildman–Crippen MR) is 139 cm³/mol. The number of para-hydroxylation sites is 2. The lowest BCUT2D eigenvalue weighted by molar-refractivity contribution is 0.262. The number of carbonyl (C=O) groups is 1. The summed E-state index contributed by atoms with van der Waals surface area (Å²) in [7, 11) is 0. The van der Waals surface area contributed by atoms with Gasteiger partial charge in [-0.05, 0) is 51.5 Å². The number of carbonyl (C=O) groups excluding carboxylic acids is 1. The number of nitrogens with one attached hydrogen (secondary N) is 2. The molecular formula is C28H28N2O5. The number of urea groups is 1. The number of rotatable bonds is 4. The largest absolute Gasteiger partial charge is 0.507 e. The van der Waals surface area contributed by atoms with Gasteiger partial charge in [0.25, 0.3) is 0 Å². The summed E-state index contributed by atoms with van der Waals surface area (Å²) in [5.41, 5.74) is 2.84. The van der Waals surface area contributed by atoms with Crippen molar-refractivity contribution in [2.45, 2.75) is 27.2 Å². The minimum absolute atomic E-state index is 0.0729. The van der Waals surface area contributed by atoms with E-state index in [9.17, 15) is 19.8 Å². The van der Waals surface area contributed by atoms with E-state index in [-0.39, 0.29) is 33.9 Å². The highest BCUT2D eigenvalue weighted by Gasteiger charge is 2.16. The molecule has 0 saturated heterocycles. The van der Waals surface area contributed by atoms with Crippen LogP contribution in [0.2, 0.25) is 0 Å². The number of amides is 2. The highest BCUT2D eigenvalue weighted by atomic mass is 16.3. The normalized spacial score (nSPS) is 10.1. The van der Waals surface area contributed by atoms with Gasteiger partial charge in [-0.2, -0.15) is 0 Å². The lowest BCUT2D eigenvalue weighted by atomic mass is 10.0. The van der Waals surface area contributed by atoms with E-state index in [1.807, 2.05) is 80.6 Å². The molecule has 4 rings (SSSR count). The molecule has 0 unspecified atom stereocenters. The zero-order chi connectivity index (χ0) is 25.4. The van der Waals surface area contributed by atoms with Crippen molar-refractivity contribution in [1.82, 2.24) is 0 Å². The molecule has 180 valence electrons. The summed E-state index contributed by atoms with van der Waals surface area (Å²) >= 11 is 0. The molecule has 7 nitrogen and oxygen atoms in total. The first-order valence-electron chi connectivity index (χ1n) is 11.0. The SMILES string of the molecule is CC(C)=CCc1c(O)cc2oc(C)cc(=O)c2c1O.O=C(Nc1ccccc1)Nc1ccccc1. The Morgan fingerprint density at radius 1 is 0.914 bits per heavy atom. The van der Waals surface area contributed by atoms with Crippen molar-refractivity contribution in [3.63, 3.8) is 0 Å². The van der Waals surface area contributed by atoms with Crippen LogP contribution in [0, 0.1) is 6.92 Å². The van der Waals surface area contributed by atoms with Crippen molar-refractivity contribution >= 4 is 28.4 Å². The van der Waals surface area contributed by atoms with Crippen molar-refractivity contribution in [3.8, 4) is 11.5 Å². The van der Waals surface area contributed by atoms with E-state index in [2.05, 4.69) is 10.6 Å². The van der Waals surface area contributed by atoms with E-state index in [1.54, 1.807) is 6.92 Å². The predicted octanol–water partition coefficient (Wildman–Crippen LogP) is 6.35. The topological polar surface area (TPSA) is 112 Å². The lowest BCUT2D eigenvalue weighted by Gasteiger charge is -2.08. The number of anilines is 2. The van der Waals surface area contributed by atoms with Crippen LogP contribution in [-0.4, -0.2) is 16.2 Å². The van der Waals surface area contributed by atoms with Crippen molar-refractivity contribution < 1.29 is 19.4 Å². The molecule has 1 aromatic heterocycles. The zero-order valence-corrected chi connectivity index (χ0v) is 19.8. The van der Waals surface area contributed by atoms with Crippen molar-refractivity contribution in [2.24, 2.45) is 0 Å². The third kappa shape index (κ3) is 6.98. The van der Waals surface area contributed by atoms with Crippen LogP contribution < -0.4 is 16.1 Å². The first-order chi connectivity index (χ1) is 16.7. The number of benzene rings is 3. The zero-order valence-electron chi connectivity index (χ0n) is 19.8. The molecule has 0 aliphatic heterocycles. The van der Waals surface area contributed by atoms with Gasteiger partial charge in [-0.1, -0.05) is 48.0 Å². The molecular weight excluding hydrogens is 444 g/mol. The quantitative estimate of drug-likeness (QED) is 0.259. The first kappa shape index (κ1) is 25.1. The Labute approximate surface area is 203 Å². The Morgan fingerprint density at radius 3 is 1.97 bits per heavy atom. The molecule has 0 radical (unpaired) electrons. The molecule has 4 N–H and O–H groups in total.